The van der Waals surface area contributed by atoms with Crippen LogP contribution in [0.15, 0.2) is 24.3 Å². The Morgan fingerprint density at radius 2 is 1.95 bits per heavy atom. The number of phenols is 1. The molecule has 0 heterocycles. The minimum atomic E-state index is -0.649. The highest BCUT2D eigenvalue weighted by Crippen LogP contribution is 2.10. The Balaban J connectivity index is 0.000000555. The van der Waals surface area contributed by atoms with Crippen molar-refractivity contribution in [2.24, 2.45) is 5.73 Å². The van der Waals surface area contributed by atoms with Crippen LogP contribution in [0.25, 0.3) is 0 Å². The van der Waals surface area contributed by atoms with E-state index in [1.807, 2.05) is 0 Å². The molecule has 5 nitrogen and oxygen atoms in total. The normalized spacial score (nSPS) is 11.2. The van der Waals surface area contributed by atoms with Crippen LogP contribution in [-0.4, -0.2) is 35.9 Å². The number of rotatable bonds is 5. The highest BCUT2D eigenvalue weighted by Gasteiger charge is 2.13. The molecular weight excluding hydrogens is 246 g/mol. The first-order chi connectivity index (χ1) is 9.04. The van der Waals surface area contributed by atoms with Crippen LogP contribution in [0, 0.1) is 0 Å². The molecule has 0 saturated heterocycles. The second-order valence-corrected chi connectivity index (χ2v) is 4.08. The Bertz CT molecular complexity index is 349. The zero-order valence-corrected chi connectivity index (χ0v) is 11.5. The standard InChI is InChI=1S/C10H13NO3.C4H10O/c1-14-10(13)9(11)6-7-2-4-8(12)5-3-7;1-2-3-4-5/h2-5,9,12H,6,11H2,1H3;5H,2-4H2,1H3. The van der Waals surface area contributed by atoms with E-state index in [1.165, 1.54) is 7.11 Å². The number of benzene rings is 1. The van der Waals surface area contributed by atoms with Gasteiger partial charge in [-0.15, -0.1) is 0 Å². The first-order valence-electron chi connectivity index (χ1n) is 6.27. The maximum Gasteiger partial charge on any atom is 0.322 e. The predicted octanol–water partition coefficient (Wildman–Crippen LogP) is 1.21. The summed E-state index contributed by atoms with van der Waals surface area (Å²) in [5, 5.41) is 17.1. The molecule has 0 radical (unpaired) electrons. The van der Waals surface area contributed by atoms with Crippen LogP contribution >= 0.6 is 0 Å². The van der Waals surface area contributed by atoms with Gasteiger partial charge in [0.2, 0.25) is 0 Å². The summed E-state index contributed by atoms with van der Waals surface area (Å²) < 4.78 is 4.49. The van der Waals surface area contributed by atoms with Crippen molar-refractivity contribution in [1.29, 1.82) is 0 Å². The number of carbonyl (C=O) groups excluding carboxylic acids is 1. The van der Waals surface area contributed by atoms with Crippen LogP contribution in [0.3, 0.4) is 0 Å². The third-order valence-corrected chi connectivity index (χ3v) is 2.41. The highest BCUT2D eigenvalue weighted by atomic mass is 16.5. The molecule has 1 rings (SSSR count). The van der Waals surface area contributed by atoms with Gasteiger partial charge in [0.05, 0.1) is 7.11 Å². The minimum absolute atomic E-state index is 0.195. The van der Waals surface area contributed by atoms with E-state index < -0.39 is 12.0 Å². The molecule has 1 atom stereocenters. The maximum absolute atomic E-state index is 11.0. The summed E-state index contributed by atoms with van der Waals surface area (Å²) in [5.74, 6) is -0.238. The van der Waals surface area contributed by atoms with E-state index in [1.54, 1.807) is 24.3 Å². The first kappa shape index (κ1) is 17.4. The molecule has 0 aliphatic carbocycles. The lowest BCUT2D eigenvalue weighted by atomic mass is 10.1. The second kappa shape index (κ2) is 10.3. The fourth-order valence-corrected chi connectivity index (χ4v) is 1.28. The summed E-state index contributed by atoms with van der Waals surface area (Å²) in [5.41, 5.74) is 6.45. The molecular formula is C14H23NO4. The number of ether oxygens (including phenoxy) is 1. The molecule has 0 saturated carbocycles. The number of unbranched alkanes of at least 4 members (excludes halogenated alkanes) is 1. The number of aliphatic hydroxyl groups is 1. The Hall–Kier alpha value is -1.59. The molecule has 0 amide bonds. The van der Waals surface area contributed by atoms with Crippen molar-refractivity contribution in [1.82, 2.24) is 0 Å². The van der Waals surface area contributed by atoms with Gasteiger partial charge in [0.15, 0.2) is 0 Å². The largest absolute Gasteiger partial charge is 0.508 e. The van der Waals surface area contributed by atoms with E-state index in [9.17, 15) is 4.79 Å². The molecule has 108 valence electrons. The van der Waals surface area contributed by atoms with Crippen LogP contribution in [-0.2, 0) is 16.0 Å². The molecule has 0 fully saturated rings. The lowest BCUT2D eigenvalue weighted by Crippen LogP contribution is -2.33. The number of esters is 1. The number of hydrogen-bond acceptors (Lipinski definition) is 5. The average molecular weight is 269 g/mol. The molecule has 0 bridgehead atoms. The van der Waals surface area contributed by atoms with Crippen molar-refractivity contribution >= 4 is 5.97 Å². The second-order valence-electron chi connectivity index (χ2n) is 4.08. The van der Waals surface area contributed by atoms with Crippen molar-refractivity contribution in [3.05, 3.63) is 29.8 Å². The van der Waals surface area contributed by atoms with E-state index in [0.717, 1.165) is 18.4 Å². The van der Waals surface area contributed by atoms with E-state index >= 15 is 0 Å². The predicted molar refractivity (Wildman–Crippen MR) is 73.8 cm³/mol. The SMILES string of the molecule is CCCCO.COC(=O)C(N)Cc1ccc(O)cc1. The molecule has 0 spiro atoms. The van der Waals surface area contributed by atoms with Crippen molar-refractivity contribution in [2.45, 2.75) is 32.2 Å². The number of methoxy groups -OCH3 is 1. The number of aliphatic hydroxyl groups excluding tert-OH is 1. The van der Waals surface area contributed by atoms with Gasteiger partial charge in [-0.25, -0.2) is 0 Å². The third kappa shape index (κ3) is 8.18. The van der Waals surface area contributed by atoms with Gasteiger partial charge in [-0.2, -0.15) is 0 Å². The van der Waals surface area contributed by atoms with Crippen molar-refractivity contribution in [3.8, 4) is 5.75 Å². The van der Waals surface area contributed by atoms with E-state index in [-0.39, 0.29) is 5.75 Å². The summed E-state index contributed by atoms with van der Waals surface area (Å²) in [7, 11) is 1.30. The summed E-state index contributed by atoms with van der Waals surface area (Å²) in [4.78, 5) is 11.0. The van der Waals surface area contributed by atoms with Gasteiger partial charge < -0.3 is 20.7 Å². The quantitative estimate of drug-likeness (QED) is 0.699. The van der Waals surface area contributed by atoms with Crippen LogP contribution in [0.4, 0.5) is 0 Å². The molecule has 1 aromatic carbocycles. The summed E-state index contributed by atoms with van der Waals surface area (Å²) in [6.45, 7) is 2.40. The molecule has 1 aromatic rings. The number of aromatic hydroxyl groups is 1. The van der Waals surface area contributed by atoms with Gasteiger partial charge >= 0.3 is 5.97 Å². The van der Waals surface area contributed by atoms with Crippen LogP contribution < -0.4 is 5.73 Å². The third-order valence-electron chi connectivity index (χ3n) is 2.41. The van der Waals surface area contributed by atoms with Gasteiger partial charge in [0.1, 0.15) is 11.8 Å². The van der Waals surface area contributed by atoms with Crippen LogP contribution in [0.2, 0.25) is 0 Å². The number of hydrogen-bond donors (Lipinski definition) is 3. The Kier molecular flexibility index (Phi) is 9.48. The lowest BCUT2D eigenvalue weighted by Gasteiger charge is -2.08. The number of nitrogens with two attached hydrogens (primary N) is 1. The minimum Gasteiger partial charge on any atom is -0.508 e. The molecule has 0 aromatic heterocycles. The Morgan fingerprint density at radius 3 is 2.32 bits per heavy atom. The van der Waals surface area contributed by atoms with E-state index in [2.05, 4.69) is 11.7 Å². The lowest BCUT2D eigenvalue weighted by molar-refractivity contribution is -0.142. The summed E-state index contributed by atoms with van der Waals surface area (Å²) >= 11 is 0. The van der Waals surface area contributed by atoms with Crippen LogP contribution in [0.5, 0.6) is 5.75 Å². The van der Waals surface area contributed by atoms with E-state index in [4.69, 9.17) is 15.9 Å². The smallest absolute Gasteiger partial charge is 0.322 e. The molecule has 0 aliphatic rings. The van der Waals surface area contributed by atoms with Crippen molar-refractivity contribution in [2.75, 3.05) is 13.7 Å². The Labute approximate surface area is 114 Å². The van der Waals surface area contributed by atoms with Crippen molar-refractivity contribution in [3.63, 3.8) is 0 Å². The monoisotopic (exact) mass is 269 g/mol. The van der Waals surface area contributed by atoms with E-state index in [0.29, 0.717) is 13.0 Å². The van der Waals surface area contributed by atoms with Crippen molar-refractivity contribution < 1.29 is 19.7 Å². The first-order valence-corrected chi connectivity index (χ1v) is 6.27. The molecule has 1 unspecified atom stereocenters. The van der Waals surface area contributed by atoms with Gasteiger partial charge in [-0.3, -0.25) is 4.79 Å². The fraction of sp³-hybridized carbons (Fsp3) is 0.500. The van der Waals surface area contributed by atoms with Gasteiger partial charge in [-0.1, -0.05) is 25.5 Å². The van der Waals surface area contributed by atoms with Gasteiger partial charge in [0.25, 0.3) is 0 Å². The maximum atomic E-state index is 11.0. The van der Waals surface area contributed by atoms with Gasteiger partial charge in [0, 0.05) is 6.61 Å². The molecule has 19 heavy (non-hydrogen) atoms. The van der Waals surface area contributed by atoms with Gasteiger partial charge in [-0.05, 0) is 30.5 Å². The Morgan fingerprint density at radius 1 is 1.37 bits per heavy atom. The molecule has 0 aliphatic heterocycles. The summed E-state index contributed by atoms with van der Waals surface area (Å²) in [6, 6.07) is 5.90. The van der Waals surface area contributed by atoms with Crippen LogP contribution in [0.1, 0.15) is 25.3 Å². The molecule has 4 N–H and O–H groups in total. The number of phenolic OH excluding ortho intramolecular Hbond substituents is 1. The number of carbonyl (C=O) groups is 1. The topological polar surface area (TPSA) is 92.8 Å². The zero-order valence-electron chi connectivity index (χ0n) is 11.5. The average Bonchev–Trinajstić information content (AvgIpc) is 2.42. The highest BCUT2D eigenvalue weighted by molar-refractivity contribution is 5.75. The molecule has 5 heteroatoms. The summed E-state index contributed by atoms with van der Waals surface area (Å²) in [6.07, 6.45) is 2.45. The fourth-order valence-electron chi connectivity index (χ4n) is 1.28. The zero-order chi connectivity index (χ0) is 14.7.